The molecule has 0 unspecified atom stereocenters. The second-order valence-electron chi connectivity index (χ2n) is 5.29. The Kier molecular flexibility index (Phi) is 4.14. The first-order valence-corrected chi connectivity index (χ1v) is 7.37. The predicted octanol–water partition coefficient (Wildman–Crippen LogP) is 2.75. The van der Waals surface area contributed by atoms with E-state index in [2.05, 4.69) is 10.2 Å². The maximum Gasteiger partial charge on any atom is 0.321 e. The third-order valence-corrected chi connectivity index (χ3v) is 3.79. The molecule has 0 atom stereocenters. The largest absolute Gasteiger partial charge is 0.508 e. The standard InChI is InChI=1S/C17H19N3O2/c21-16-8-4-7-15(13-16)19-9-11-20(12-10-19)17(22)18-14-5-2-1-3-6-14/h1-8,13,21H,9-12H2,(H,18,22). The number of piperazine rings is 1. The number of phenols is 1. The quantitative estimate of drug-likeness (QED) is 0.896. The second-order valence-corrected chi connectivity index (χ2v) is 5.29. The van der Waals surface area contributed by atoms with Crippen molar-refractivity contribution in [2.24, 2.45) is 0 Å². The van der Waals surface area contributed by atoms with E-state index in [1.807, 2.05) is 47.4 Å². The van der Waals surface area contributed by atoms with Crippen molar-refractivity contribution >= 4 is 17.4 Å². The number of hydrogen-bond acceptors (Lipinski definition) is 3. The minimum absolute atomic E-state index is 0.0678. The van der Waals surface area contributed by atoms with Gasteiger partial charge in [0.1, 0.15) is 5.75 Å². The Morgan fingerprint density at radius 1 is 0.955 bits per heavy atom. The summed E-state index contributed by atoms with van der Waals surface area (Å²) in [7, 11) is 0. The van der Waals surface area contributed by atoms with Crippen molar-refractivity contribution in [3.05, 3.63) is 54.6 Å². The van der Waals surface area contributed by atoms with Crippen LogP contribution in [0.4, 0.5) is 16.2 Å². The number of nitrogens with zero attached hydrogens (tertiary/aromatic N) is 2. The number of nitrogens with one attached hydrogen (secondary N) is 1. The summed E-state index contributed by atoms with van der Waals surface area (Å²) in [6.45, 7) is 2.83. The summed E-state index contributed by atoms with van der Waals surface area (Å²) in [5.41, 5.74) is 1.80. The summed E-state index contributed by atoms with van der Waals surface area (Å²) in [6, 6.07) is 16.6. The highest BCUT2D eigenvalue weighted by atomic mass is 16.3. The highest BCUT2D eigenvalue weighted by molar-refractivity contribution is 5.89. The van der Waals surface area contributed by atoms with Crippen molar-refractivity contribution in [1.29, 1.82) is 0 Å². The number of carbonyl (C=O) groups is 1. The molecule has 1 fully saturated rings. The van der Waals surface area contributed by atoms with E-state index in [4.69, 9.17) is 0 Å². The zero-order valence-electron chi connectivity index (χ0n) is 12.3. The Hall–Kier alpha value is -2.69. The van der Waals surface area contributed by atoms with Crippen molar-refractivity contribution < 1.29 is 9.90 Å². The molecular weight excluding hydrogens is 278 g/mol. The molecule has 0 aromatic heterocycles. The lowest BCUT2D eigenvalue weighted by molar-refractivity contribution is 0.208. The van der Waals surface area contributed by atoms with Gasteiger partial charge in [-0.1, -0.05) is 24.3 Å². The van der Waals surface area contributed by atoms with Gasteiger partial charge in [-0.15, -0.1) is 0 Å². The minimum Gasteiger partial charge on any atom is -0.508 e. The Balaban J connectivity index is 1.56. The molecule has 114 valence electrons. The zero-order valence-corrected chi connectivity index (χ0v) is 12.3. The average Bonchev–Trinajstić information content (AvgIpc) is 2.56. The fraction of sp³-hybridized carbons (Fsp3) is 0.235. The van der Waals surface area contributed by atoms with E-state index in [1.165, 1.54) is 0 Å². The molecule has 0 saturated carbocycles. The van der Waals surface area contributed by atoms with Crippen molar-refractivity contribution in [2.75, 3.05) is 36.4 Å². The number of urea groups is 1. The van der Waals surface area contributed by atoms with Crippen LogP contribution in [0, 0.1) is 0 Å². The maximum absolute atomic E-state index is 12.2. The van der Waals surface area contributed by atoms with E-state index >= 15 is 0 Å². The van der Waals surface area contributed by atoms with Crippen LogP contribution in [0.5, 0.6) is 5.75 Å². The molecule has 0 spiro atoms. The first kappa shape index (κ1) is 14.3. The highest BCUT2D eigenvalue weighted by Crippen LogP contribution is 2.21. The van der Waals surface area contributed by atoms with Crippen molar-refractivity contribution in [1.82, 2.24) is 4.90 Å². The minimum atomic E-state index is -0.0678. The average molecular weight is 297 g/mol. The fourth-order valence-electron chi connectivity index (χ4n) is 2.58. The van der Waals surface area contributed by atoms with Crippen LogP contribution in [0.3, 0.4) is 0 Å². The van der Waals surface area contributed by atoms with E-state index in [1.54, 1.807) is 12.1 Å². The van der Waals surface area contributed by atoms with Crippen LogP contribution >= 0.6 is 0 Å². The van der Waals surface area contributed by atoms with Gasteiger partial charge < -0.3 is 20.2 Å². The van der Waals surface area contributed by atoms with Crippen LogP contribution in [0.1, 0.15) is 0 Å². The molecule has 2 aromatic rings. The summed E-state index contributed by atoms with van der Waals surface area (Å²) in [6.07, 6.45) is 0. The number of aromatic hydroxyl groups is 1. The van der Waals surface area contributed by atoms with Crippen LogP contribution in [-0.4, -0.2) is 42.2 Å². The summed E-state index contributed by atoms with van der Waals surface area (Å²) >= 11 is 0. The van der Waals surface area contributed by atoms with Crippen LogP contribution in [0.2, 0.25) is 0 Å². The number of amides is 2. The van der Waals surface area contributed by atoms with Crippen LogP contribution in [0.15, 0.2) is 54.6 Å². The molecule has 0 radical (unpaired) electrons. The molecule has 0 aliphatic carbocycles. The number of hydrogen-bond donors (Lipinski definition) is 2. The van der Waals surface area contributed by atoms with Gasteiger partial charge in [-0.3, -0.25) is 0 Å². The van der Waals surface area contributed by atoms with Gasteiger partial charge in [-0.05, 0) is 24.3 Å². The Morgan fingerprint density at radius 3 is 2.36 bits per heavy atom. The van der Waals surface area contributed by atoms with Gasteiger partial charge in [0.25, 0.3) is 0 Å². The third kappa shape index (κ3) is 3.31. The van der Waals surface area contributed by atoms with Crippen LogP contribution in [-0.2, 0) is 0 Å². The summed E-state index contributed by atoms with van der Waals surface area (Å²) < 4.78 is 0. The number of benzene rings is 2. The smallest absolute Gasteiger partial charge is 0.321 e. The lowest BCUT2D eigenvalue weighted by Gasteiger charge is -2.36. The van der Waals surface area contributed by atoms with Crippen molar-refractivity contribution in [3.8, 4) is 5.75 Å². The van der Waals surface area contributed by atoms with Gasteiger partial charge in [0.2, 0.25) is 0 Å². The maximum atomic E-state index is 12.2. The number of anilines is 2. The molecule has 2 N–H and O–H groups in total. The molecule has 1 aliphatic heterocycles. The molecule has 1 heterocycles. The number of para-hydroxylation sites is 1. The monoisotopic (exact) mass is 297 g/mol. The molecule has 22 heavy (non-hydrogen) atoms. The SMILES string of the molecule is O=C(Nc1ccccc1)N1CCN(c2cccc(O)c2)CC1. The summed E-state index contributed by atoms with van der Waals surface area (Å²) in [5, 5.41) is 12.5. The highest BCUT2D eigenvalue weighted by Gasteiger charge is 2.21. The van der Waals surface area contributed by atoms with Crippen molar-refractivity contribution in [3.63, 3.8) is 0 Å². The predicted molar refractivity (Wildman–Crippen MR) is 87.4 cm³/mol. The molecule has 5 nitrogen and oxygen atoms in total. The zero-order chi connectivity index (χ0) is 15.4. The first-order valence-electron chi connectivity index (χ1n) is 7.37. The molecule has 2 amide bonds. The topological polar surface area (TPSA) is 55.8 Å². The Bertz CT molecular complexity index is 637. The summed E-state index contributed by atoms with van der Waals surface area (Å²) in [4.78, 5) is 16.2. The lowest BCUT2D eigenvalue weighted by Crippen LogP contribution is -2.50. The normalized spacial score (nSPS) is 14.7. The molecular formula is C17H19N3O2. The van der Waals surface area contributed by atoms with E-state index in [-0.39, 0.29) is 11.8 Å². The van der Waals surface area contributed by atoms with Gasteiger partial charge >= 0.3 is 6.03 Å². The summed E-state index contributed by atoms with van der Waals surface area (Å²) in [5.74, 6) is 0.266. The molecule has 5 heteroatoms. The van der Waals surface area contributed by atoms with E-state index < -0.39 is 0 Å². The van der Waals surface area contributed by atoms with E-state index in [0.717, 1.165) is 24.5 Å². The van der Waals surface area contributed by atoms with Gasteiger partial charge in [0.05, 0.1) is 0 Å². The molecule has 2 aromatic carbocycles. The van der Waals surface area contributed by atoms with E-state index in [0.29, 0.717) is 13.1 Å². The number of rotatable bonds is 2. The van der Waals surface area contributed by atoms with Gasteiger partial charge in [-0.2, -0.15) is 0 Å². The number of phenolic OH excluding ortho intramolecular Hbond substituents is 1. The molecule has 1 aliphatic rings. The van der Waals surface area contributed by atoms with E-state index in [9.17, 15) is 9.90 Å². The fourth-order valence-corrected chi connectivity index (χ4v) is 2.58. The number of carbonyl (C=O) groups excluding carboxylic acids is 1. The third-order valence-electron chi connectivity index (χ3n) is 3.79. The van der Waals surface area contributed by atoms with Gasteiger partial charge in [0, 0.05) is 43.6 Å². The lowest BCUT2D eigenvalue weighted by atomic mass is 10.2. The Labute approximate surface area is 129 Å². The molecule has 0 bridgehead atoms. The van der Waals surface area contributed by atoms with Gasteiger partial charge in [-0.25, -0.2) is 4.79 Å². The van der Waals surface area contributed by atoms with Crippen LogP contribution < -0.4 is 10.2 Å². The van der Waals surface area contributed by atoms with Crippen LogP contribution in [0.25, 0.3) is 0 Å². The van der Waals surface area contributed by atoms with Gasteiger partial charge in [0.15, 0.2) is 0 Å². The molecule has 1 saturated heterocycles. The van der Waals surface area contributed by atoms with Crippen molar-refractivity contribution in [2.45, 2.75) is 0 Å². The first-order chi connectivity index (χ1) is 10.7. The second kappa shape index (κ2) is 6.39. The Morgan fingerprint density at radius 2 is 1.68 bits per heavy atom. The molecule has 3 rings (SSSR count).